The maximum Gasteiger partial charge on any atom is 0.292 e. The summed E-state index contributed by atoms with van der Waals surface area (Å²) in [7, 11) is 0. The lowest BCUT2D eigenvalue weighted by atomic mass is 10.1. The van der Waals surface area contributed by atoms with E-state index in [-0.39, 0.29) is 16.7 Å². The highest BCUT2D eigenvalue weighted by Gasteiger charge is 2.17. The zero-order chi connectivity index (χ0) is 14.7. The fraction of sp³-hybridized carbons (Fsp3) is 0.200. The van der Waals surface area contributed by atoms with E-state index >= 15 is 0 Å². The molecule has 1 N–H and O–H groups in total. The number of para-hydroxylation sites is 1. The number of nitrogens with zero attached hydrogens (tertiary/aromatic N) is 1. The first kappa shape index (κ1) is 14.5. The first-order valence-corrected chi connectivity index (χ1v) is 7.04. The number of hydrogen-bond donors (Lipinski definition) is 1. The number of nitro groups is 1. The van der Waals surface area contributed by atoms with Gasteiger partial charge in [0, 0.05) is 16.6 Å². The van der Waals surface area contributed by atoms with E-state index < -0.39 is 0 Å². The molecule has 0 saturated carbocycles. The molecule has 2 aromatic carbocycles. The summed E-state index contributed by atoms with van der Waals surface area (Å²) in [6.07, 6.45) is 0. The van der Waals surface area contributed by atoms with Crippen LogP contribution >= 0.6 is 15.9 Å². The summed E-state index contributed by atoms with van der Waals surface area (Å²) >= 11 is 3.43. The average Bonchev–Trinajstić information content (AvgIpc) is 2.40. The first-order valence-electron chi connectivity index (χ1n) is 6.25. The molecule has 2 rings (SSSR count). The maximum atomic E-state index is 11.1. The van der Waals surface area contributed by atoms with Crippen LogP contribution in [0.4, 0.5) is 11.4 Å². The fourth-order valence-corrected chi connectivity index (χ4v) is 2.48. The van der Waals surface area contributed by atoms with Crippen molar-refractivity contribution < 1.29 is 4.92 Å². The van der Waals surface area contributed by atoms with Crippen molar-refractivity contribution in [2.75, 3.05) is 5.32 Å². The van der Waals surface area contributed by atoms with Gasteiger partial charge in [-0.15, -0.1) is 0 Å². The standard InChI is InChI=1S/C15H15BrN2O2/c1-10-5-3-8-14(18(19)20)15(10)17-11(2)12-6-4-7-13(16)9-12/h3-9,11,17H,1-2H3. The lowest BCUT2D eigenvalue weighted by Crippen LogP contribution is -2.09. The molecule has 0 amide bonds. The molecule has 0 aliphatic carbocycles. The third-order valence-electron chi connectivity index (χ3n) is 3.16. The molecule has 4 nitrogen and oxygen atoms in total. The van der Waals surface area contributed by atoms with Crippen LogP contribution in [0.15, 0.2) is 46.9 Å². The molecule has 1 atom stereocenters. The van der Waals surface area contributed by atoms with Gasteiger partial charge in [-0.05, 0) is 37.1 Å². The Bertz CT molecular complexity index is 644. The summed E-state index contributed by atoms with van der Waals surface area (Å²) in [6, 6.07) is 13.0. The fourth-order valence-electron chi connectivity index (χ4n) is 2.07. The highest BCUT2D eigenvalue weighted by atomic mass is 79.9. The largest absolute Gasteiger partial charge is 0.373 e. The molecule has 0 fully saturated rings. The number of nitrogens with one attached hydrogen (secondary N) is 1. The van der Waals surface area contributed by atoms with Crippen LogP contribution in [0.25, 0.3) is 0 Å². The molecule has 5 heteroatoms. The number of halogens is 1. The van der Waals surface area contributed by atoms with Crippen molar-refractivity contribution in [1.29, 1.82) is 0 Å². The molecule has 1 unspecified atom stereocenters. The Morgan fingerprint density at radius 2 is 1.95 bits per heavy atom. The third-order valence-corrected chi connectivity index (χ3v) is 3.65. The van der Waals surface area contributed by atoms with Crippen LogP contribution < -0.4 is 5.32 Å². The number of hydrogen-bond acceptors (Lipinski definition) is 3. The van der Waals surface area contributed by atoms with Gasteiger partial charge in [0.15, 0.2) is 0 Å². The lowest BCUT2D eigenvalue weighted by Gasteiger charge is -2.17. The van der Waals surface area contributed by atoms with Crippen LogP contribution in [0.2, 0.25) is 0 Å². The van der Waals surface area contributed by atoms with Crippen LogP contribution in [0.3, 0.4) is 0 Å². The molecule has 0 aromatic heterocycles. The molecular weight excluding hydrogens is 320 g/mol. The number of anilines is 1. The summed E-state index contributed by atoms with van der Waals surface area (Å²) < 4.78 is 0.989. The second-order valence-corrected chi connectivity index (χ2v) is 5.56. The molecular formula is C15H15BrN2O2. The van der Waals surface area contributed by atoms with Gasteiger partial charge in [0.1, 0.15) is 5.69 Å². The van der Waals surface area contributed by atoms with E-state index in [9.17, 15) is 10.1 Å². The van der Waals surface area contributed by atoms with Gasteiger partial charge < -0.3 is 5.32 Å². The first-order chi connectivity index (χ1) is 9.49. The van der Waals surface area contributed by atoms with Crippen LogP contribution in [-0.4, -0.2) is 4.92 Å². The van der Waals surface area contributed by atoms with Crippen molar-refractivity contribution in [3.63, 3.8) is 0 Å². The number of benzene rings is 2. The zero-order valence-electron chi connectivity index (χ0n) is 11.3. The van der Waals surface area contributed by atoms with Crippen molar-refractivity contribution in [2.45, 2.75) is 19.9 Å². The van der Waals surface area contributed by atoms with Crippen molar-refractivity contribution in [3.05, 3.63) is 68.2 Å². The Balaban J connectivity index is 2.32. The van der Waals surface area contributed by atoms with Crippen molar-refractivity contribution in [2.24, 2.45) is 0 Å². The van der Waals surface area contributed by atoms with E-state index in [0.29, 0.717) is 5.69 Å². The molecule has 0 spiro atoms. The van der Waals surface area contributed by atoms with E-state index in [1.54, 1.807) is 6.07 Å². The SMILES string of the molecule is Cc1cccc([N+](=O)[O-])c1NC(C)c1cccc(Br)c1. The topological polar surface area (TPSA) is 55.2 Å². The van der Waals surface area contributed by atoms with Gasteiger partial charge in [0.25, 0.3) is 5.69 Å². The average molecular weight is 335 g/mol. The van der Waals surface area contributed by atoms with Gasteiger partial charge in [-0.2, -0.15) is 0 Å². The second-order valence-electron chi connectivity index (χ2n) is 4.65. The quantitative estimate of drug-likeness (QED) is 0.642. The molecule has 0 aliphatic rings. The van der Waals surface area contributed by atoms with Crippen LogP contribution in [0.5, 0.6) is 0 Å². The van der Waals surface area contributed by atoms with E-state index in [1.165, 1.54) is 6.07 Å². The maximum absolute atomic E-state index is 11.1. The smallest absolute Gasteiger partial charge is 0.292 e. The van der Waals surface area contributed by atoms with Gasteiger partial charge in [-0.3, -0.25) is 10.1 Å². The molecule has 0 saturated heterocycles. The predicted octanol–water partition coefficient (Wildman–Crippen LogP) is 4.84. The summed E-state index contributed by atoms with van der Waals surface area (Å²) in [5, 5.41) is 14.3. The van der Waals surface area contributed by atoms with Crippen LogP contribution in [-0.2, 0) is 0 Å². The molecule has 0 bridgehead atoms. The summed E-state index contributed by atoms with van der Waals surface area (Å²) in [6.45, 7) is 3.85. The second kappa shape index (κ2) is 6.05. The number of rotatable bonds is 4. The Morgan fingerprint density at radius 3 is 2.60 bits per heavy atom. The lowest BCUT2D eigenvalue weighted by molar-refractivity contribution is -0.384. The van der Waals surface area contributed by atoms with Gasteiger partial charge in [0.05, 0.1) is 4.92 Å². The van der Waals surface area contributed by atoms with Crippen molar-refractivity contribution in [3.8, 4) is 0 Å². The van der Waals surface area contributed by atoms with Gasteiger partial charge >= 0.3 is 0 Å². The number of nitro benzene ring substituents is 1. The summed E-state index contributed by atoms with van der Waals surface area (Å²) in [5.74, 6) is 0. The van der Waals surface area contributed by atoms with Crippen LogP contribution in [0, 0.1) is 17.0 Å². The third kappa shape index (κ3) is 3.17. The molecule has 2 aromatic rings. The monoisotopic (exact) mass is 334 g/mol. The van der Waals surface area contributed by atoms with Gasteiger partial charge in [-0.1, -0.05) is 40.2 Å². The Labute approximate surface area is 126 Å². The normalized spacial score (nSPS) is 11.9. The summed E-state index contributed by atoms with van der Waals surface area (Å²) in [4.78, 5) is 10.7. The molecule has 20 heavy (non-hydrogen) atoms. The minimum atomic E-state index is -0.358. The highest BCUT2D eigenvalue weighted by Crippen LogP contribution is 2.31. The van der Waals surface area contributed by atoms with E-state index in [2.05, 4.69) is 21.2 Å². The Morgan fingerprint density at radius 1 is 1.25 bits per heavy atom. The predicted molar refractivity (Wildman–Crippen MR) is 84.0 cm³/mol. The Hall–Kier alpha value is -1.88. The van der Waals surface area contributed by atoms with E-state index in [1.807, 2.05) is 44.2 Å². The highest BCUT2D eigenvalue weighted by molar-refractivity contribution is 9.10. The molecule has 0 heterocycles. The van der Waals surface area contributed by atoms with Crippen LogP contribution in [0.1, 0.15) is 24.1 Å². The number of aryl methyl sites for hydroxylation is 1. The van der Waals surface area contributed by atoms with Crippen molar-refractivity contribution in [1.82, 2.24) is 0 Å². The summed E-state index contributed by atoms with van der Waals surface area (Å²) in [5.41, 5.74) is 2.61. The Kier molecular flexibility index (Phi) is 4.39. The molecule has 104 valence electrons. The van der Waals surface area contributed by atoms with Crippen molar-refractivity contribution >= 4 is 27.3 Å². The minimum absolute atomic E-state index is 0.0210. The van der Waals surface area contributed by atoms with E-state index in [0.717, 1.165) is 15.6 Å². The zero-order valence-corrected chi connectivity index (χ0v) is 12.8. The van der Waals surface area contributed by atoms with Gasteiger partial charge in [0.2, 0.25) is 0 Å². The minimum Gasteiger partial charge on any atom is -0.373 e. The van der Waals surface area contributed by atoms with Gasteiger partial charge in [-0.25, -0.2) is 0 Å². The van der Waals surface area contributed by atoms with E-state index in [4.69, 9.17) is 0 Å². The molecule has 0 radical (unpaired) electrons. The molecule has 0 aliphatic heterocycles.